The van der Waals surface area contributed by atoms with Crippen molar-refractivity contribution < 1.29 is 19.2 Å². The fourth-order valence-corrected chi connectivity index (χ4v) is 3.67. The van der Waals surface area contributed by atoms with Gasteiger partial charge in [0.2, 0.25) is 5.91 Å². The number of para-hydroxylation sites is 1. The molecule has 0 bridgehead atoms. The van der Waals surface area contributed by atoms with Crippen molar-refractivity contribution in [1.82, 2.24) is 5.32 Å². The highest BCUT2D eigenvalue weighted by molar-refractivity contribution is 7.10. The quantitative estimate of drug-likeness (QED) is 0.464. The Morgan fingerprint density at radius 2 is 1.96 bits per heavy atom. The lowest BCUT2D eigenvalue weighted by Gasteiger charge is -2.23. The minimum atomic E-state index is -0.260. The van der Waals surface area contributed by atoms with Crippen molar-refractivity contribution in [1.29, 1.82) is 0 Å². The van der Waals surface area contributed by atoms with Crippen molar-refractivity contribution in [3.8, 4) is 0 Å². The Morgan fingerprint density at radius 3 is 2.75 bits per heavy atom. The number of anilines is 1. The summed E-state index contributed by atoms with van der Waals surface area (Å²) in [4.78, 5) is 27.2. The van der Waals surface area contributed by atoms with Crippen molar-refractivity contribution in [3.05, 3.63) is 58.3 Å². The van der Waals surface area contributed by atoms with Crippen LogP contribution in [0, 0.1) is 0 Å². The number of quaternary nitrogens is 1. The van der Waals surface area contributed by atoms with Crippen LogP contribution < -0.4 is 15.5 Å². The van der Waals surface area contributed by atoms with E-state index >= 15 is 0 Å². The largest absolute Gasteiger partial charge is 0.370 e. The van der Waals surface area contributed by atoms with E-state index in [2.05, 4.69) is 10.6 Å². The van der Waals surface area contributed by atoms with Crippen molar-refractivity contribution >= 4 is 34.9 Å². The number of ether oxygens (including phenoxy) is 1. The monoisotopic (exact) mass is 400 g/mol. The number of morpholine rings is 1. The molecule has 1 aliphatic rings. The van der Waals surface area contributed by atoms with Crippen LogP contribution in [0.3, 0.4) is 0 Å². The average molecular weight is 401 g/mol. The predicted octanol–water partition coefficient (Wildman–Crippen LogP) is 1.43. The molecule has 6 nitrogen and oxygen atoms in total. The summed E-state index contributed by atoms with van der Waals surface area (Å²) in [6.45, 7) is 5.33. The molecule has 0 atom stereocenters. The molecule has 2 amide bonds. The first kappa shape index (κ1) is 20.3. The highest BCUT2D eigenvalue weighted by Gasteiger charge is 2.14. The van der Waals surface area contributed by atoms with E-state index in [0.29, 0.717) is 17.8 Å². The van der Waals surface area contributed by atoms with Crippen molar-refractivity contribution in [3.63, 3.8) is 0 Å². The Kier molecular flexibility index (Phi) is 7.78. The van der Waals surface area contributed by atoms with Crippen molar-refractivity contribution in [2.24, 2.45) is 0 Å². The van der Waals surface area contributed by atoms with Crippen LogP contribution in [0.15, 0.2) is 47.9 Å². The maximum atomic E-state index is 12.5. The van der Waals surface area contributed by atoms with Crippen LogP contribution >= 0.6 is 11.3 Å². The second-order valence-electron chi connectivity index (χ2n) is 6.61. The second-order valence-corrected chi connectivity index (χ2v) is 7.58. The first-order valence-electron chi connectivity index (χ1n) is 9.53. The molecule has 1 aromatic carbocycles. The third-order valence-electron chi connectivity index (χ3n) is 4.56. The Morgan fingerprint density at radius 1 is 1.14 bits per heavy atom. The highest BCUT2D eigenvalue weighted by atomic mass is 32.1. The van der Waals surface area contributed by atoms with Crippen molar-refractivity contribution in [2.75, 3.05) is 44.7 Å². The summed E-state index contributed by atoms with van der Waals surface area (Å²) in [6.07, 6.45) is 4.15. The molecule has 148 valence electrons. The molecule has 0 spiro atoms. The maximum Gasteiger partial charge on any atom is 0.253 e. The first-order chi connectivity index (χ1) is 13.7. The molecule has 0 radical (unpaired) electrons. The Hall–Kier alpha value is -2.48. The molecule has 0 saturated carbocycles. The van der Waals surface area contributed by atoms with Crippen LogP contribution in [-0.2, 0) is 9.53 Å². The highest BCUT2D eigenvalue weighted by Crippen LogP contribution is 2.15. The normalized spacial score (nSPS) is 14.9. The minimum Gasteiger partial charge on any atom is -0.370 e. The van der Waals surface area contributed by atoms with Gasteiger partial charge in [-0.2, -0.15) is 0 Å². The predicted molar refractivity (Wildman–Crippen MR) is 112 cm³/mol. The van der Waals surface area contributed by atoms with Crippen LogP contribution in [0.4, 0.5) is 5.69 Å². The fourth-order valence-electron chi connectivity index (χ4n) is 3.05. The van der Waals surface area contributed by atoms with E-state index < -0.39 is 0 Å². The van der Waals surface area contributed by atoms with E-state index in [1.54, 1.807) is 41.7 Å². The van der Waals surface area contributed by atoms with Crippen LogP contribution in [0.1, 0.15) is 21.7 Å². The van der Waals surface area contributed by atoms with Gasteiger partial charge in [-0.25, -0.2) is 0 Å². The van der Waals surface area contributed by atoms with E-state index in [9.17, 15) is 9.59 Å². The third kappa shape index (κ3) is 6.30. The molecule has 0 unspecified atom stereocenters. The number of benzene rings is 1. The molecule has 28 heavy (non-hydrogen) atoms. The summed E-state index contributed by atoms with van der Waals surface area (Å²) in [5, 5.41) is 7.71. The Labute approximate surface area is 169 Å². The van der Waals surface area contributed by atoms with E-state index in [-0.39, 0.29) is 11.8 Å². The van der Waals surface area contributed by atoms with Gasteiger partial charge in [0.15, 0.2) is 0 Å². The van der Waals surface area contributed by atoms with Gasteiger partial charge in [-0.15, -0.1) is 11.3 Å². The number of nitrogens with one attached hydrogen (secondary N) is 3. The van der Waals surface area contributed by atoms with Gasteiger partial charge in [0.05, 0.1) is 31.0 Å². The van der Waals surface area contributed by atoms with Crippen LogP contribution in [0.5, 0.6) is 0 Å². The van der Waals surface area contributed by atoms with Gasteiger partial charge in [-0.1, -0.05) is 18.2 Å². The maximum absolute atomic E-state index is 12.5. The summed E-state index contributed by atoms with van der Waals surface area (Å²) in [5.41, 5.74) is 0.985. The molecule has 7 heteroatoms. The Balaban J connectivity index is 1.49. The minimum absolute atomic E-state index is 0.171. The SMILES string of the molecule is O=C(/C=C/c1cccs1)Nc1ccccc1C(=O)NCCC[NH+]1CCOCC1. The summed E-state index contributed by atoms with van der Waals surface area (Å²) in [6, 6.07) is 10.9. The number of carbonyl (C=O) groups excluding carboxylic acids is 2. The van der Waals surface area contributed by atoms with Gasteiger partial charge in [-0.05, 0) is 29.7 Å². The lowest BCUT2D eigenvalue weighted by Crippen LogP contribution is -3.14. The number of amides is 2. The van der Waals surface area contributed by atoms with Gasteiger partial charge in [0.1, 0.15) is 13.1 Å². The van der Waals surface area contributed by atoms with E-state index in [1.807, 2.05) is 17.5 Å². The molecule has 0 aliphatic carbocycles. The van der Waals surface area contributed by atoms with Crippen LogP contribution in [-0.4, -0.2) is 51.2 Å². The van der Waals surface area contributed by atoms with Gasteiger partial charge in [0.25, 0.3) is 5.91 Å². The summed E-state index contributed by atoms with van der Waals surface area (Å²) < 4.78 is 5.36. The average Bonchev–Trinajstić information content (AvgIpc) is 3.24. The summed E-state index contributed by atoms with van der Waals surface area (Å²) in [5.74, 6) is -0.431. The molecule has 1 aliphatic heterocycles. The molecule has 3 rings (SSSR count). The lowest BCUT2D eigenvalue weighted by atomic mass is 10.1. The topological polar surface area (TPSA) is 71.9 Å². The zero-order valence-corrected chi connectivity index (χ0v) is 16.6. The van der Waals surface area contributed by atoms with Gasteiger partial charge >= 0.3 is 0 Å². The number of thiophene rings is 1. The first-order valence-corrected chi connectivity index (χ1v) is 10.4. The zero-order chi connectivity index (χ0) is 19.6. The molecule has 1 aromatic heterocycles. The van der Waals surface area contributed by atoms with Crippen molar-refractivity contribution in [2.45, 2.75) is 6.42 Å². The molecular formula is C21H26N3O3S+. The zero-order valence-electron chi connectivity index (χ0n) is 15.8. The Bertz CT molecular complexity index is 799. The molecule has 2 aromatic rings. The fraction of sp³-hybridized carbons (Fsp3) is 0.333. The van der Waals surface area contributed by atoms with E-state index in [0.717, 1.165) is 44.1 Å². The number of hydrogen-bond donors (Lipinski definition) is 3. The number of rotatable bonds is 8. The smallest absolute Gasteiger partial charge is 0.253 e. The number of hydrogen-bond acceptors (Lipinski definition) is 4. The van der Waals surface area contributed by atoms with Gasteiger partial charge < -0.3 is 20.3 Å². The van der Waals surface area contributed by atoms with Crippen LogP contribution in [0.25, 0.3) is 6.08 Å². The second kappa shape index (κ2) is 10.8. The van der Waals surface area contributed by atoms with Crippen LogP contribution in [0.2, 0.25) is 0 Å². The molecule has 1 saturated heterocycles. The molecular weight excluding hydrogens is 374 g/mol. The molecule has 2 heterocycles. The lowest BCUT2D eigenvalue weighted by molar-refractivity contribution is -0.908. The van der Waals surface area contributed by atoms with E-state index in [1.165, 1.54) is 11.0 Å². The summed E-state index contributed by atoms with van der Waals surface area (Å²) in [7, 11) is 0. The van der Waals surface area contributed by atoms with Gasteiger partial charge in [-0.3, -0.25) is 9.59 Å². The molecule has 3 N–H and O–H groups in total. The van der Waals surface area contributed by atoms with E-state index in [4.69, 9.17) is 4.74 Å². The third-order valence-corrected chi connectivity index (χ3v) is 5.40. The molecule has 1 fully saturated rings. The number of carbonyl (C=O) groups is 2. The standard InChI is InChI=1S/C21H25N3O3S/c25-20(9-8-17-5-3-16-28-17)23-19-7-2-1-6-18(19)21(26)22-10-4-11-24-12-14-27-15-13-24/h1-3,5-9,16H,4,10-15H2,(H,22,26)(H,23,25)/p+1/b9-8+. The van der Waals surface area contributed by atoms with Gasteiger partial charge in [0, 0.05) is 23.9 Å². The summed E-state index contributed by atoms with van der Waals surface area (Å²) >= 11 is 1.56.